The van der Waals surface area contributed by atoms with E-state index in [1.165, 1.54) is 26.4 Å². The monoisotopic (exact) mass is 417 g/mol. The van der Waals surface area contributed by atoms with Crippen LogP contribution < -0.4 is 18.9 Å². The number of nitrogens with zero attached hydrogens (tertiary/aromatic N) is 1. The normalized spacial score (nSPS) is 13.5. The molecule has 1 aliphatic heterocycles. The number of allylic oxidation sites excluding steroid dienone is 1. The van der Waals surface area contributed by atoms with Crippen LogP contribution in [0.25, 0.3) is 6.08 Å². The van der Waals surface area contributed by atoms with E-state index in [9.17, 15) is 9.59 Å². The fourth-order valence-electron chi connectivity index (χ4n) is 3.28. The molecule has 0 radical (unpaired) electrons. The Labute approximate surface area is 178 Å². The lowest BCUT2D eigenvalue weighted by molar-refractivity contribution is 0.0734. The van der Waals surface area contributed by atoms with Crippen LogP contribution in [0.1, 0.15) is 31.8 Å². The number of hydrogen-bond donors (Lipinski definition) is 0. The number of aryl methyl sites for hydroxylation is 1. The minimum atomic E-state index is -0.572. The molecule has 156 valence electrons. The summed E-state index contributed by atoms with van der Waals surface area (Å²) in [6.07, 6.45) is 4.92. The van der Waals surface area contributed by atoms with Gasteiger partial charge in [-0.25, -0.2) is 4.79 Å². The van der Waals surface area contributed by atoms with E-state index in [4.69, 9.17) is 18.9 Å². The average molecular weight is 417 g/mol. The Hall–Kier alpha value is -4.13. The minimum Gasteiger partial charge on any atom is -0.493 e. The Morgan fingerprint density at radius 2 is 1.74 bits per heavy atom. The number of pyridine rings is 1. The number of rotatable bonds is 5. The quantitative estimate of drug-likeness (QED) is 0.349. The maximum Gasteiger partial charge on any atom is 0.343 e. The highest BCUT2D eigenvalue weighted by Crippen LogP contribution is 2.38. The number of esters is 1. The van der Waals surface area contributed by atoms with Gasteiger partial charge in [0.15, 0.2) is 17.3 Å². The molecule has 7 nitrogen and oxygen atoms in total. The molecule has 4 rings (SSSR count). The van der Waals surface area contributed by atoms with Crippen LogP contribution in [0.3, 0.4) is 0 Å². The molecule has 0 aliphatic carbocycles. The number of carbonyl (C=O) groups is 2. The summed E-state index contributed by atoms with van der Waals surface area (Å²) in [4.78, 5) is 29.3. The van der Waals surface area contributed by atoms with Gasteiger partial charge in [0.1, 0.15) is 11.5 Å². The maximum atomic E-state index is 12.8. The van der Waals surface area contributed by atoms with Crippen LogP contribution in [-0.2, 0) is 0 Å². The molecule has 2 aromatic carbocycles. The van der Waals surface area contributed by atoms with Crippen LogP contribution in [0.4, 0.5) is 0 Å². The molecule has 1 aromatic heterocycles. The fourth-order valence-corrected chi connectivity index (χ4v) is 3.28. The van der Waals surface area contributed by atoms with Gasteiger partial charge in [0.2, 0.25) is 5.78 Å². The Morgan fingerprint density at radius 1 is 1.00 bits per heavy atom. The van der Waals surface area contributed by atoms with E-state index in [1.807, 2.05) is 0 Å². The number of benzene rings is 2. The Morgan fingerprint density at radius 3 is 2.45 bits per heavy atom. The van der Waals surface area contributed by atoms with Crippen molar-refractivity contribution in [1.82, 2.24) is 4.98 Å². The van der Waals surface area contributed by atoms with Crippen molar-refractivity contribution in [1.29, 1.82) is 0 Å². The molecule has 1 aliphatic rings. The zero-order valence-corrected chi connectivity index (χ0v) is 17.2. The number of ketones is 1. The third-order valence-corrected chi connectivity index (χ3v) is 4.78. The summed E-state index contributed by atoms with van der Waals surface area (Å²) in [5, 5.41) is 0. The molecule has 7 heteroatoms. The third-order valence-electron chi connectivity index (χ3n) is 4.78. The van der Waals surface area contributed by atoms with Crippen molar-refractivity contribution in [3.05, 3.63) is 82.9 Å². The van der Waals surface area contributed by atoms with E-state index in [1.54, 1.807) is 55.7 Å². The Balaban J connectivity index is 1.59. The molecule has 0 bridgehead atoms. The first-order valence-corrected chi connectivity index (χ1v) is 9.43. The Bertz CT molecular complexity index is 1200. The van der Waals surface area contributed by atoms with Gasteiger partial charge in [-0.1, -0.05) is 0 Å². The second kappa shape index (κ2) is 8.31. The molecule has 0 N–H and O–H groups in total. The SMILES string of the molecule is COc1ccc(C(=O)Oc2cc(C)c3c(c2)O/C(=C\c2ccncc2)C3=O)cc1OC. The molecule has 2 heterocycles. The molecule has 0 spiro atoms. The van der Waals surface area contributed by atoms with Crippen LogP contribution in [0.15, 0.2) is 60.6 Å². The van der Waals surface area contributed by atoms with Gasteiger partial charge in [-0.3, -0.25) is 9.78 Å². The Kier molecular flexibility index (Phi) is 5.41. The second-order valence-electron chi connectivity index (χ2n) is 6.79. The molecular weight excluding hydrogens is 398 g/mol. The maximum absolute atomic E-state index is 12.8. The van der Waals surface area contributed by atoms with Gasteiger partial charge in [0.25, 0.3) is 0 Å². The summed E-state index contributed by atoms with van der Waals surface area (Å²) >= 11 is 0. The van der Waals surface area contributed by atoms with Gasteiger partial charge in [-0.15, -0.1) is 0 Å². The number of methoxy groups -OCH3 is 2. The fraction of sp³-hybridized carbons (Fsp3) is 0.125. The lowest BCUT2D eigenvalue weighted by atomic mass is 10.0. The summed E-state index contributed by atoms with van der Waals surface area (Å²) in [6.45, 7) is 1.77. The molecule has 0 amide bonds. The highest BCUT2D eigenvalue weighted by atomic mass is 16.5. The van der Waals surface area contributed by atoms with Crippen LogP contribution in [0.2, 0.25) is 0 Å². The molecule has 0 saturated carbocycles. The molecule has 0 saturated heterocycles. The summed E-state index contributed by atoms with van der Waals surface area (Å²) in [5.74, 6) is 0.955. The van der Waals surface area contributed by atoms with Gasteiger partial charge in [-0.05, 0) is 60.5 Å². The van der Waals surface area contributed by atoms with Crippen molar-refractivity contribution >= 4 is 17.8 Å². The number of aromatic nitrogens is 1. The largest absolute Gasteiger partial charge is 0.493 e. The van der Waals surface area contributed by atoms with Gasteiger partial charge in [0.05, 0.1) is 25.3 Å². The van der Waals surface area contributed by atoms with Crippen LogP contribution >= 0.6 is 0 Å². The predicted octanol–water partition coefficient (Wildman–Crippen LogP) is 4.24. The molecule has 0 atom stereocenters. The zero-order valence-electron chi connectivity index (χ0n) is 17.2. The molecular formula is C24H19NO6. The smallest absolute Gasteiger partial charge is 0.343 e. The second-order valence-corrected chi connectivity index (χ2v) is 6.79. The van der Waals surface area contributed by atoms with Crippen LogP contribution in [0, 0.1) is 6.92 Å². The molecule has 0 unspecified atom stereocenters. The van der Waals surface area contributed by atoms with Crippen molar-refractivity contribution < 1.29 is 28.5 Å². The van der Waals surface area contributed by atoms with Crippen molar-refractivity contribution in [2.24, 2.45) is 0 Å². The lowest BCUT2D eigenvalue weighted by Gasteiger charge is -2.10. The standard InChI is InChI=1S/C24H19NO6/c1-14-10-17(30-24(27)16-4-5-18(28-2)19(12-16)29-3)13-20-22(14)23(26)21(31-20)11-15-6-8-25-9-7-15/h4-13H,1-3H3/b21-11-. The number of ether oxygens (including phenoxy) is 4. The summed E-state index contributed by atoms with van der Waals surface area (Å²) < 4.78 is 21.7. The van der Waals surface area contributed by atoms with E-state index in [0.29, 0.717) is 33.9 Å². The highest BCUT2D eigenvalue weighted by Gasteiger charge is 2.30. The first-order valence-electron chi connectivity index (χ1n) is 9.43. The van der Waals surface area contributed by atoms with Gasteiger partial charge >= 0.3 is 5.97 Å². The highest BCUT2D eigenvalue weighted by molar-refractivity contribution is 6.15. The number of carbonyl (C=O) groups excluding carboxylic acids is 2. The topological polar surface area (TPSA) is 84.0 Å². The first-order chi connectivity index (χ1) is 15.0. The summed E-state index contributed by atoms with van der Waals surface area (Å²) in [5.41, 5.74) is 2.19. The van der Waals surface area contributed by atoms with Crippen molar-refractivity contribution in [2.45, 2.75) is 6.92 Å². The van der Waals surface area contributed by atoms with Crippen LogP contribution in [-0.4, -0.2) is 31.0 Å². The zero-order chi connectivity index (χ0) is 22.0. The van der Waals surface area contributed by atoms with Gasteiger partial charge in [0, 0.05) is 18.5 Å². The third kappa shape index (κ3) is 3.98. The summed E-state index contributed by atoms with van der Waals surface area (Å²) in [7, 11) is 3.00. The van der Waals surface area contributed by atoms with Crippen molar-refractivity contribution in [3.63, 3.8) is 0 Å². The van der Waals surface area contributed by atoms with Crippen molar-refractivity contribution in [3.8, 4) is 23.0 Å². The number of Topliss-reactive ketones (excluding diaryl/α,β-unsaturated/α-hetero) is 1. The summed E-state index contributed by atoms with van der Waals surface area (Å²) in [6, 6.07) is 11.5. The average Bonchev–Trinajstić information content (AvgIpc) is 3.09. The van der Waals surface area contributed by atoms with E-state index >= 15 is 0 Å². The lowest BCUT2D eigenvalue weighted by Crippen LogP contribution is -2.09. The number of fused-ring (bicyclic) bond motifs is 1. The van der Waals surface area contributed by atoms with Crippen molar-refractivity contribution in [2.75, 3.05) is 14.2 Å². The van der Waals surface area contributed by atoms with Crippen LogP contribution in [0.5, 0.6) is 23.0 Å². The molecule has 3 aromatic rings. The molecule has 0 fully saturated rings. The van der Waals surface area contributed by atoms with E-state index in [-0.39, 0.29) is 17.3 Å². The van der Waals surface area contributed by atoms with E-state index in [2.05, 4.69) is 4.98 Å². The molecule has 31 heavy (non-hydrogen) atoms. The number of hydrogen-bond acceptors (Lipinski definition) is 7. The predicted molar refractivity (Wildman–Crippen MR) is 113 cm³/mol. The van der Waals surface area contributed by atoms with Gasteiger partial charge in [-0.2, -0.15) is 0 Å². The van der Waals surface area contributed by atoms with E-state index < -0.39 is 5.97 Å². The van der Waals surface area contributed by atoms with Gasteiger partial charge < -0.3 is 18.9 Å². The van der Waals surface area contributed by atoms with E-state index in [0.717, 1.165) is 5.56 Å². The minimum absolute atomic E-state index is 0.202. The first kappa shape index (κ1) is 20.2.